The minimum atomic E-state index is -0.291. The topological polar surface area (TPSA) is 75.4 Å². The largest absolute Gasteiger partial charge is 0.462 e. The number of nitrogens with one attached hydrogen (secondary N) is 1. The zero-order valence-corrected chi connectivity index (χ0v) is 10.0. The lowest BCUT2D eigenvalue weighted by Gasteiger charge is -2.08. The number of thiazole rings is 1. The highest BCUT2D eigenvalue weighted by Gasteiger charge is 2.14. The summed E-state index contributed by atoms with van der Waals surface area (Å²) in [4.78, 5) is 15.9. The lowest BCUT2D eigenvalue weighted by atomic mass is 10.3. The first-order chi connectivity index (χ1) is 8.20. The molecule has 17 heavy (non-hydrogen) atoms. The van der Waals surface area contributed by atoms with Crippen LogP contribution in [0.15, 0.2) is 28.2 Å². The van der Waals surface area contributed by atoms with Crippen LogP contribution in [0, 0.1) is 0 Å². The van der Waals surface area contributed by atoms with E-state index < -0.39 is 0 Å². The average molecular weight is 252 g/mol. The molecule has 2 N–H and O–H groups in total. The number of amides is 1. The lowest BCUT2D eigenvalue weighted by Crippen LogP contribution is -2.35. The maximum Gasteiger partial charge on any atom is 0.271 e. The Bertz CT molecular complexity index is 493. The van der Waals surface area contributed by atoms with Gasteiger partial charge in [0.2, 0.25) is 0 Å². The second kappa shape index (κ2) is 5.11. The van der Waals surface area contributed by atoms with Gasteiger partial charge in [-0.2, -0.15) is 0 Å². The smallest absolute Gasteiger partial charge is 0.271 e. The van der Waals surface area contributed by atoms with E-state index in [1.807, 2.05) is 0 Å². The predicted octanol–water partition coefficient (Wildman–Crippen LogP) is 1.51. The Labute approximate surface area is 102 Å². The van der Waals surface area contributed by atoms with E-state index in [1.54, 1.807) is 30.7 Å². The number of carbonyl (C=O) groups is 1. The van der Waals surface area contributed by atoms with Crippen LogP contribution in [0.5, 0.6) is 0 Å². The van der Waals surface area contributed by atoms with Crippen molar-refractivity contribution in [1.29, 1.82) is 0 Å². The van der Waals surface area contributed by atoms with Crippen molar-refractivity contribution in [2.45, 2.75) is 13.0 Å². The molecule has 2 rings (SSSR count). The fourth-order valence-electron chi connectivity index (χ4n) is 1.23. The Morgan fingerprint density at radius 3 is 3.18 bits per heavy atom. The first kappa shape index (κ1) is 11.8. The van der Waals surface area contributed by atoms with Gasteiger partial charge in [-0.15, -0.1) is 11.3 Å². The van der Waals surface area contributed by atoms with Crippen molar-refractivity contribution in [1.82, 2.24) is 10.3 Å². The molecule has 5 nitrogen and oxygen atoms in total. The van der Waals surface area contributed by atoms with Crippen molar-refractivity contribution >= 4 is 17.2 Å². The Kier molecular flexibility index (Phi) is 3.55. The summed E-state index contributed by atoms with van der Waals surface area (Å²) in [5.74, 6) is 0.352. The number of hydrogen-bond acceptors (Lipinski definition) is 5. The number of aromatic nitrogens is 1. The molecule has 0 bridgehead atoms. The third-order valence-corrected chi connectivity index (χ3v) is 2.98. The monoisotopic (exact) mass is 252 g/mol. The zero-order chi connectivity index (χ0) is 12.3. The van der Waals surface area contributed by atoms with Crippen molar-refractivity contribution in [2.24, 2.45) is 0 Å². The molecule has 0 aliphatic rings. The molecule has 0 aromatic carbocycles. The van der Waals surface area contributed by atoms with Gasteiger partial charge in [0.1, 0.15) is 5.69 Å². The minimum Gasteiger partial charge on any atom is -0.462 e. The van der Waals surface area contributed by atoms with Gasteiger partial charge in [0.05, 0.1) is 12.9 Å². The molecule has 0 saturated heterocycles. The molecule has 1 unspecified atom stereocenters. The van der Waals surface area contributed by atoms with Gasteiger partial charge < -0.3 is 14.8 Å². The van der Waals surface area contributed by atoms with Crippen molar-refractivity contribution in [3.05, 3.63) is 29.5 Å². The van der Waals surface area contributed by atoms with E-state index in [1.165, 1.54) is 11.3 Å². The molecule has 0 fully saturated rings. The van der Waals surface area contributed by atoms with Gasteiger partial charge in [-0.25, -0.2) is 4.98 Å². The number of aliphatic hydroxyl groups excluding tert-OH is 1. The Balaban J connectivity index is 2.11. The van der Waals surface area contributed by atoms with E-state index in [4.69, 9.17) is 9.52 Å². The maximum absolute atomic E-state index is 11.7. The van der Waals surface area contributed by atoms with Gasteiger partial charge in [0.25, 0.3) is 5.91 Å². The summed E-state index contributed by atoms with van der Waals surface area (Å²) in [6.07, 6.45) is 1.56. The third kappa shape index (κ3) is 2.72. The number of aliphatic hydroxyl groups is 1. The molecule has 0 spiro atoms. The Morgan fingerprint density at radius 1 is 1.71 bits per heavy atom. The summed E-state index contributed by atoms with van der Waals surface area (Å²) in [7, 11) is 0. The lowest BCUT2D eigenvalue weighted by molar-refractivity contribution is 0.0918. The average Bonchev–Trinajstić information content (AvgIpc) is 2.98. The highest BCUT2D eigenvalue weighted by atomic mass is 32.1. The SMILES string of the molecule is CC(CO)NC(=O)c1csc(-c2ccco2)n1. The fraction of sp³-hybridized carbons (Fsp3) is 0.273. The molecule has 0 aliphatic heterocycles. The van der Waals surface area contributed by atoms with Crippen LogP contribution in [0.2, 0.25) is 0 Å². The predicted molar refractivity (Wildman–Crippen MR) is 63.8 cm³/mol. The zero-order valence-electron chi connectivity index (χ0n) is 9.21. The molecule has 90 valence electrons. The van der Waals surface area contributed by atoms with E-state index in [0.717, 1.165) is 0 Å². The quantitative estimate of drug-likeness (QED) is 0.865. The van der Waals surface area contributed by atoms with E-state index >= 15 is 0 Å². The van der Waals surface area contributed by atoms with E-state index in [9.17, 15) is 4.79 Å². The normalized spacial score (nSPS) is 12.4. The summed E-state index contributed by atoms with van der Waals surface area (Å²) < 4.78 is 5.19. The second-order valence-electron chi connectivity index (χ2n) is 3.57. The highest BCUT2D eigenvalue weighted by molar-refractivity contribution is 7.13. The van der Waals surface area contributed by atoms with Crippen molar-refractivity contribution < 1.29 is 14.3 Å². The van der Waals surface area contributed by atoms with Crippen LogP contribution in [0.3, 0.4) is 0 Å². The molecular formula is C11H12N2O3S. The molecular weight excluding hydrogens is 240 g/mol. The molecule has 1 atom stereocenters. The van der Waals surface area contributed by atoms with Gasteiger partial charge in [-0.1, -0.05) is 0 Å². The van der Waals surface area contributed by atoms with Gasteiger partial charge in [-0.05, 0) is 19.1 Å². The highest BCUT2D eigenvalue weighted by Crippen LogP contribution is 2.23. The fourth-order valence-corrected chi connectivity index (χ4v) is 2.00. The Hall–Kier alpha value is -1.66. The third-order valence-electron chi connectivity index (χ3n) is 2.12. The summed E-state index contributed by atoms with van der Waals surface area (Å²) in [6, 6.07) is 3.28. The summed E-state index contributed by atoms with van der Waals surface area (Å²) in [5, 5.41) is 13.8. The van der Waals surface area contributed by atoms with E-state index in [0.29, 0.717) is 16.5 Å². The Morgan fingerprint density at radius 2 is 2.53 bits per heavy atom. The first-order valence-corrected chi connectivity index (χ1v) is 6.00. The minimum absolute atomic E-state index is 0.0963. The number of hydrogen-bond donors (Lipinski definition) is 2. The number of carbonyl (C=O) groups excluding carboxylic acids is 1. The van der Waals surface area contributed by atoms with Crippen LogP contribution < -0.4 is 5.32 Å². The van der Waals surface area contributed by atoms with E-state index in [2.05, 4.69) is 10.3 Å². The summed E-state index contributed by atoms with van der Waals surface area (Å²) in [6.45, 7) is 1.62. The number of rotatable bonds is 4. The first-order valence-electron chi connectivity index (χ1n) is 5.12. The van der Waals surface area contributed by atoms with Gasteiger partial charge in [0, 0.05) is 11.4 Å². The number of furan rings is 1. The van der Waals surface area contributed by atoms with Gasteiger partial charge in [0.15, 0.2) is 10.8 Å². The molecule has 1 amide bonds. The van der Waals surface area contributed by atoms with Gasteiger partial charge >= 0.3 is 0 Å². The molecule has 0 aliphatic carbocycles. The second-order valence-corrected chi connectivity index (χ2v) is 4.43. The van der Waals surface area contributed by atoms with Crippen LogP contribution in [0.4, 0.5) is 0 Å². The van der Waals surface area contributed by atoms with Crippen LogP contribution in [0.1, 0.15) is 17.4 Å². The van der Waals surface area contributed by atoms with Crippen LogP contribution in [0.25, 0.3) is 10.8 Å². The molecule has 2 aromatic heterocycles. The molecule has 2 heterocycles. The van der Waals surface area contributed by atoms with Crippen LogP contribution >= 0.6 is 11.3 Å². The van der Waals surface area contributed by atoms with Crippen molar-refractivity contribution in [3.8, 4) is 10.8 Å². The van der Waals surface area contributed by atoms with Crippen LogP contribution in [-0.2, 0) is 0 Å². The van der Waals surface area contributed by atoms with Crippen molar-refractivity contribution in [3.63, 3.8) is 0 Å². The summed E-state index contributed by atoms with van der Waals surface area (Å²) >= 11 is 1.34. The van der Waals surface area contributed by atoms with Gasteiger partial charge in [-0.3, -0.25) is 4.79 Å². The van der Waals surface area contributed by atoms with E-state index in [-0.39, 0.29) is 18.6 Å². The standard InChI is InChI=1S/C11H12N2O3S/c1-7(5-14)12-10(15)8-6-17-11(13-8)9-3-2-4-16-9/h2-4,6-7,14H,5H2,1H3,(H,12,15). The molecule has 6 heteroatoms. The van der Waals surface area contributed by atoms with Crippen molar-refractivity contribution in [2.75, 3.05) is 6.61 Å². The molecule has 0 radical (unpaired) electrons. The maximum atomic E-state index is 11.7. The molecule has 0 saturated carbocycles. The van der Waals surface area contributed by atoms with Crippen LogP contribution in [-0.4, -0.2) is 28.6 Å². The molecule has 2 aromatic rings. The summed E-state index contributed by atoms with van der Waals surface area (Å²) in [5.41, 5.74) is 0.335. The number of nitrogens with zero attached hydrogens (tertiary/aromatic N) is 1.